The maximum absolute atomic E-state index is 8.62. The van der Waals surface area contributed by atoms with Gasteiger partial charge >= 0.3 is 0 Å². The molecular weight excluding hydrogens is 208 g/mol. The van der Waals surface area contributed by atoms with Crippen LogP contribution in [0.15, 0.2) is 30.3 Å². The van der Waals surface area contributed by atoms with E-state index >= 15 is 0 Å². The quantitative estimate of drug-likeness (QED) is 0.673. The minimum absolute atomic E-state index is 0.0849. The van der Waals surface area contributed by atoms with Crippen LogP contribution in [0, 0.1) is 0 Å². The molecule has 3 N–H and O–H groups in total. The lowest BCUT2D eigenvalue weighted by Crippen LogP contribution is -2.38. The predicted molar refractivity (Wildman–Crippen MR) is 65.7 cm³/mol. The highest BCUT2D eigenvalue weighted by Crippen LogP contribution is 2.10. The third kappa shape index (κ3) is 4.27. The van der Waals surface area contributed by atoms with Crippen LogP contribution in [0.5, 0.6) is 0 Å². The third-order valence-electron chi connectivity index (χ3n) is 2.04. The van der Waals surface area contributed by atoms with Crippen LogP contribution in [0.3, 0.4) is 0 Å². The van der Waals surface area contributed by atoms with Crippen molar-refractivity contribution < 1.29 is 5.11 Å². The van der Waals surface area contributed by atoms with Gasteiger partial charge in [0.15, 0.2) is 5.11 Å². The van der Waals surface area contributed by atoms with Crippen molar-refractivity contribution in [1.29, 1.82) is 0 Å². The van der Waals surface area contributed by atoms with E-state index in [2.05, 4.69) is 10.6 Å². The first-order valence-electron chi connectivity index (χ1n) is 4.94. The summed E-state index contributed by atoms with van der Waals surface area (Å²) in [6.45, 7) is 2.61. The Hall–Kier alpha value is -1.13. The second kappa shape index (κ2) is 6.37. The van der Waals surface area contributed by atoms with Crippen molar-refractivity contribution in [2.75, 3.05) is 13.2 Å². The maximum Gasteiger partial charge on any atom is 0.166 e. The van der Waals surface area contributed by atoms with Gasteiger partial charge in [0, 0.05) is 6.54 Å². The molecule has 0 saturated carbocycles. The molecule has 0 heterocycles. The van der Waals surface area contributed by atoms with E-state index in [9.17, 15) is 0 Å². The number of nitrogens with one attached hydrogen (secondary N) is 2. The maximum atomic E-state index is 8.62. The zero-order valence-corrected chi connectivity index (χ0v) is 9.55. The van der Waals surface area contributed by atoms with Crippen LogP contribution in [0.1, 0.15) is 18.5 Å². The molecule has 15 heavy (non-hydrogen) atoms. The van der Waals surface area contributed by atoms with Crippen molar-refractivity contribution in [1.82, 2.24) is 10.6 Å². The summed E-state index contributed by atoms with van der Waals surface area (Å²) >= 11 is 5.06. The normalized spacial score (nSPS) is 11.9. The molecule has 1 atom stereocenters. The summed E-state index contributed by atoms with van der Waals surface area (Å²) in [6, 6.07) is 10.2. The molecule has 1 rings (SSSR count). The fraction of sp³-hybridized carbons (Fsp3) is 0.364. The summed E-state index contributed by atoms with van der Waals surface area (Å²) in [7, 11) is 0. The fourth-order valence-corrected chi connectivity index (χ4v) is 1.52. The molecule has 0 radical (unpaired) electrons. The molecule has 82 valence electrons. The monoisotopic (exact) mass is 224 g/mol. The lowest BCUT2D eigenvalue weighted by Gasteiger charge is -2.16. The molecule has 0 fully saturated rings. The minimum atomic E-state index is 0.0849. The lowest BCUT2D eigenvalue weighted by atomic mass is 10.1. The molecule has 0 amide bonds. The number of thiocarbonyl (C=S) groups is 1. The SMILES string of the molecule is C[C@@H](NC(=S)NCCO)c1ccccc1. The highest BCUT2D eigenvalue weighted by atomic mass is 32.1. The van der Waals surface area contributed by atoms with Crippen molar-refractivity contribution in [3.63, 3.8) is 0 Å². The van der Waals surface area contributed by atoms with Crippen molar-refractivity contribution in [2.24, 2.45) is 0 Å². The largest absolute Gasteiger partial charge is 0.395 e. The van der Waals surface area contributed by atoms with Crippen LogP contribution in [-0.4, -0.2) is 23.4 Å². The van der Waals surface area contributed by atoms with Crippen molar-refractivity contribution >= 4 is 17.3 Å². The molecule has 1 aromatic rings. The first-order valence-corrected chi connectivity index (χ1v) is 5.35. The standard InChI is InChI=1S/C11H16N2OS/c1-9(10-5-3-2-4-6-10)13-11(15)12-7-8-14/h2-6,9,14H,7-8H2,1H3,(H2,12,13,15)/t9-/m1/s1. The topological polar surface area (TPSA) is 44.3 Å². The zero-order valence-electron chi connectivity index (χ0n) is 8.73. The summed E-state index contributed by atoms with van der Waals surface area (Å²) in [6.07, 6.45) is 0. The Morgan fingerprint density at radius 3 is 2.67 bits per heavy atom. The number of hydrogen-bond donors (Lipinski definition) is 3. The van der Waals surface area contributed by atoms with Gasteiger partial charge in [0.25, 0.3) is 0 Å². The van der Waals surface area contributed by atoms with Crippen molar-refractivity contribution in [3.05, 3.63) is 35.9 Å². The van der Waals surface area contributed by atoms with E-state index in [-0.39, 0.29) is 12.6 Å². The Bertz CT molecular complexity index is 303. The van der Waals surface area contributed by atoms with Gasteiger partial charge in [0.1, 0.15) is 0 Å². The smallest absolute Gasteiger partial charge is 0.166 e. The summed E-state index contributed by atoms with van der Waals surface area (Å²) in [5, 5.41) is 15.2. The van der Waals surface area contributed by atoms with Crippen LogP contribution >= 0.6 is 12.2 Å². The highest BCUT2D eigenvalue weighted by molar-refractivity contribution is 7.80. The average Bonchev–Trinajstić information content (AvgIpc) is 2.27. The van der Waals surface area contributed by atoms with Gasteiger partial charge in [-0.25, -0.2) is 0 Å². The molecule has 1 aromatic carbocycles. The van der Waals surface area contributed by atoms with Crippen molar-refractivity contribution in [2.45, 2.75) is 13.0 Å². The highest BCUT2D eigenvalue weighted by Gasteiger charge is 2.04. The third-order valence-corrected chi connectivity index (χ3v) is 2.31. The zero-order chi connectivity index (χ0) is 11.1. The summed E-state index contributed by atoms with van der Waals surface area (Å²) in [4.78, 5) is 0. The van der Waals surface area contributed by atoms with Gasteiger partial charge in [-0.3, -0.25) is 0 Å². The first kappa shape index (κ1) is 11.9. The van der Waals surface area contributed by atoms with Gasteiger partial charge in [-0.15, -0.1) is 0 Å². The minimum Gasteiger partial charge on any atom is -0.395 e. The van der Waals surface area contributed by atoms with E-state index in [1.807, 2.05) is 37.3 Å². The molecule has 3 nitrogen and oxygen atoms in total. The van der Waals surface area contributed by atoms with Crippen LogP contribution < -0.4 is 10.6 Å². The van der Waals surface area contributed by atoms with Crippen LogP contribution in [0.25, 0.3) is 0 Å². The Labute approximate surface area is 95.5 Å². The van der Waals surface area contributed by atoms with Gasteiger partial charge in [-0.2, -0.15) is 0 Å². The second-order valence-electron chi connectivity index (χ2n) is 3.26. The fourth-order valence-electron chi connectivity index (χ4n) is 1.24. The number of aliphatic hydroxyl groups excluding tert-OH is 1. The van der Waals surface area contributed by atoms with Gasteiger partial charge in [-0.05, 0) is 24.7 Å². The molecule has 0 aliphatic carbocycles. The number of hydrogen-bond acceptors (Lipinski definition) is 2. The molecule has 0 spiro atoms. The molecule has 0 saturated heterocycles. The molecule has 4 heteroatoms. The Morgan fingerprint density at radius 2 is 2.07 bits per heavy atom. The van der Waals surface area contributed by atoms with Crippen LogP contribution in [0.4, 0.5) is 0 Å². The Morgan fingerprint density at radius 1 is 1.40 bits per heavy atom. The van der Waals surface area contributed by atoms with Crippen molar-refractivity contribution in [3.8, 4) is 0 Å². The molecule has 0 aliphatic heterocycles. The van der Waals surface area contributed by atoms with E-state index in [0.29, 0.717) is 11.7 Å². The molecule has 0 bridgehead atoms. The van der Waals surface area contributed by atoms with Gasteiger partial charge in [-0.1, -0.05) is 30.3 Å². The van der Waals surface area contributed by atoms with Gasteiger partial charge < -0.3 is 15.7 Å². The van der Waals surface area contributed by atoms with Crippen LogP contribution in [-0.2, 0) is 0 Å². The Balaban J connectivity index is 2.42. The molecular formula is C11H16N2OS. The average molecular weight is 224 g/mol. The van der Waals surface area contributed by atoms with E-state index in [0.717, 1.165) is 0 Å². The second-order valence-corrected chi connectivity index (χ2v) is 3.66. The Kier molecular flexibility index (Phi) is 5.07. The molecule has 0 aromatic heterocycles. The lowest BCUT2D eigenvalue weighted by molar-refractivity contribution is 0.300. The first-order chi connectivity index (χ1) is 7.24. The van der Waals surface area contributed by atoms with Crippen LogP contribution in [0.2, 0.25) is 0 Å². The summed E-state index contributed by atoms with van der Waals surface area (Å²) < 4.78 is 0. The van der Waals surface area contributed by atoms with Gasteiger partial charge in [0.2, 0.25) is 0 Å². The predicted octanol–water partition coefficient (Wildman–Crippen LogP) is 1.20. The number of rotatable bonds is 4. The number of aliphatic hydroxyl groups is 1. The van der Waals surface area contributed by atoms with E-state index in [4.69, 9.17) is 17.3 Å². The molecule has 0 unspecified atom stereocenters. The summed E-state index contributed by atoms with van der Waals surface area (Å²) in [5.41, 5.74) is 1.19. The number of benzene rings is 1. The summed E-state index contributed by atoms with van der Waals surface area (Å²) in [5.74, 6) is 0. The van der Waals surface area contributed by atoms with E-state index < -0.39 is 0 Å². The van der Waals surface area contributed by atoms with E-state index in [1.165, 1.54) is 5.56 Å². The van der Waals surface area contributed by atoms with Gasteiger partial charge in [0.05, 0.1) is 12.6 Å². The molecule has 0 aliphatic rings. The van der Waals surface area contributed by atoms with E-state index in [1.54, 1.807) is 0 Å².